The number of pyridine rings is 2. The average molecular weight is 812 g/mol. The Bertz CT molecular complexity index is 2860. The highest BCUT2D eigenvalue weighted by Crippen LogP contribution is 2.56. The number of phenolic OH excluding ortho intramolecular Hbond substituents is 1. The number of rotatable bonds is 8. The van der Waals surface area contributed by atoms with Gasteiger partial charge >= 0.3 is 11.9 Å². The molecule has 0 radical (unpaired) electrons. The minimum Gasteiger partial charge on any atom is -0.502 e. The first-order chi connectivity index (χ1) is 29.2. The Morgan fingerprint density at radius 2 is 1.70 bits per heavy atom. The fourth-order valence-corrected chi connectivity index (χ4v) is 9.83. The van der Waals surface area contributed by atoms with Gasteiger partial charge in [-0.25, -0.2) is 14.5 Å². The number of carbonyl (C=O) groups is 2. The van der Waals surface area contributed by atoms with E-state index >= 15 is 0 Å². The van der Waals surface area contributed by atoms with Gasteiger partial charge in [0.2, 0.25) is 12.5 Å². The Labute approximate surface area is 341 Å². The largest absolute Gasteiger partial charge is 0.502 e. The number of esters is 2. The van der Waals surface area contributed by atoms with Crippen LogP contribution >= 0.6 is 0 Å². The molecule has 5 atom stereocenters. The van der Waals surface area contributed by atoms with Crippen LogP contribution in [0.4, 0.5) is 0 Å². The van der Waals surface area contributed by atoms with Gasteiger partial charge in [-0.3, -0.25) is 9.59 Å². The van der Waals surface area contributed by atoms with Gasteiger partial charge in [-0.2, -0.15) is 0 Å². The van der Waals surface area contributed by atoms with Crippen LogP contribution in [0, 0.1) is 11.8 Å². The van der Waals surface area contributed by atoms with Crippen LogP contribution in [0.25, 0.3) is 22.3 Å². The van der Waals surface area contributed by atoms with Gasteiger partial charge in [-0.15, -0.1) is 5.10 Å². The summed E-state index contributed by atoms with van der Waals surface area (Å²) in [5, 5.41) is 20.8. The second kappa shape index (κ2) is 13.3. The summed E-state index contributed by atoms with van der Waals surface area (Å²) < 4.78 is 44.0. The molecule has 16 heteroatoms. The molecular formula is C44H37N5O11. The van der Waals surface area contributed by atoms with Crippen molar-refractivity contribution in [2.75, 3.05) is 27.6 Å². The molecule has 3 aromatic carbocycles. The third-order valence-corrected chi connectivity index (χ3v) is 12.7. The molecule has 0 spiro atoms. The lowest BCUT2D eigenvalue weighted by Crippen LogP contribution is -2.46. The lowest BCUT2D eigenvalue weighted by molar-refractivity contribution is -0.183. The standard InChI is InChI=1S/C44H37N5O11/c1-4-44(29-14-31-38-23(9-21-7-5-6-8-30(21)45-38)15-48(31)41(51)27(29)18-57-43(44)53)60-17-24-16-49(47-46-24)39-26-13-33-32(58-20-59-33)12-25(26)36(37-28(39)19-56-42(37)52)22-10-34(54-2)40(50)35(11-22)55-3/h5-14,16,28,36-37,39,50H,4,15,17-20H2,1-3H3/t28-,36+,37-,39+,44-/m0/s1. The van der Waals surface area contributed by atoms with Crippen molar-refractivity contribution >= 4 is 22.8 Å². The van der Waals surface area contributed by atoms with Crippen LogP contribution < -0.4 is 24.5 Å². The second-order valence-electron chi connectivity index (χ2n) is 15.6. The Morgan fingerprint density at radius 3 is 2.47 bits per heavy atom. The Kier molecular flexibility index (Phi) is 8.01. The molecule has 1 fully saturated rings. The smallest absolute Gasteiger partial charge is 0.343 e. The molecule has 1 aliphatic carbocycles. The van der Waals surface area contributed by atoms with Crippen LogP contribution in [0.15, 0.2) is 71.7 Å². The Hall–Kier alpha value is -6.94. The van der Waals surface area contributed by atoms with Crippen molar-refractivity contribution in [3.63, 3.8) is 0 Å². The number of cyclic esters (lactones) is 2. The number of hydrogen-bond acceptors (Lipinski definition) is 14. The number of aromatic hydroxyl groups is 1. The maximum atomic E-state index is 14.1. The molecule has 1 N–H and O–H groups in total. The van der Waals surface area contributed by atoms with Crippen LogP contribution in [0.3, 0.4) is 0 Å². The zero-order chi connectivity index (χ0) is 41.0. The molecule has 7 heterocycles. The molecule has 16 nitrogen and oxygen atoms in total. The van der Waals surface area contributed by atoms with E-state index in [4.69, 9.17) is 38.1 Å². The van der Waals surface area contributed by atoms with E-state index in [-0.39, 0.29) is 61.8 Å². The molecule has 304 valence electrons. The SMILES string of the molecule is CC[C@@]1(OCc2cn([C@@H]3c4cc5c(cc4[C@@H](c4cc(OC)c(O)c(OC)c4)[C@H]4C(=O)OC[C@@H]43)OCO5)nn2)C(=O)OCc2c1cc1n(c2=O)Cc2cc3ccccc3nc2-1. The number of hydrogen-bond donors (Lipinski definition) is 1. The summed E-state index contributed by atoms with van der Waals surface area (Å²) in [6.07, 6.45) is 1.90. The van der Waals surface area contributed by atoms with E-state index in [1.54, 1.807) is 27.6 Å². The topological polar surface area (TPSA) is 185 Å². The van der Waals surface area contributed by atoms with E-state index in [1.165, 1.54) is 14.2 Å². The molecule has 0 unspecified atom stereocenters. The van der Waals surface area contributed by atoms with Gasteiger partial charge in [0.1, 0.15) is 12.3 Å². The van der Waals surface area contributed by atoms with Crippen molar-refractivity contribution in [2.45, 2.75) is 50.7 Å². The number of fused-ring (bicyclic) bond motifs is 8. The van der Waals surface area contributed by atoms with Crippen molar-refractivity contribution in [1.82, 2.24) is 24.5 Å². The molecule has 0 saturated carbocycles. The van der Waals surface area contributed by atoms with Crippen molar-refractivity contribution in [2.24, 2.45) is 11.8 Å². The monoisotopic (exact) mass is 811 g/mol. The Morgan fingerprint density at radius 1 is 0.933 bits per heavy atom. The number of nitrogens with zero attached hydrogens (tertiary/aromatic N) is 5. The number of benzene rings is 3. The van der Waals surface area contributed by atoms with Gasteiger partial charge in [-0.1, -0.05) is 30.3 Å². The summed E-state index contributed by atoms with van der Waals surface area (Å²) in [6, 6.07) is 18.3. The molecule has 60 heavy (non-hydrogen) atoms. The number of methoxy groups -OCH3 is 2. The summed E-state index contributed by atoms with van der Waals surface area (Å²) in [5.41, 5.74) is 4.59. The molecule has 6 aromatic rings. The predicted molar refractivity (Wildman–Crippen MR) is 209 cm³/mol. The minimum absolute atomic E-state index is 0.0358. The highest BCUT2D eigenvalue weighted by Gasteiger charge is 2.54. The highest BCUT2D eigenvalue weighted by molar-refractivity contribution is 5.86. The van der Waals surface area contributed by atoms with Crippen molar-refractivity contribution in [1.29, 1.82) is 0 Å². The molecule has 1 saturated heterocycles. The molecule has 5 aliphatic rings. The van der Waals surface area contributed by atoms with Gasteiger partial charge in [0.15, 0.2) is 28.6 Å². The van der Waals surface area contributed by atoms with Gasteiger partial charge in [0.05, 0.1) is 74.6 Å². The maximum Gasteiger partial charge on any atom is 0.343 e. The molecule has 3 aromatic heterocycles. The number of ether oxygens (including phenoxy) is 7. The maximum absolute atomic E-state index is 14.1. The van der Waals surface area contributed by atoms with E-state index in [1.807, 2.05) is 55.5 Å². The average Bonchev–Trinajstić information content (AvgIpc) is 4.08. The molecule has 4 aliphatic heterocycles. The third kappa shape index (κ3) is 5.12. The van der Waals surface area contributed by atoms with E-state index in [9.17, 15) is 19.5 Å². The first-order valence-corrected chi connectivity index (χ1v) is 19.6. The fourth-order valence-electron chi connectivity index (χ4n) is 9.83. The van der Waals surface area contributed by atoms with Gasteiger partial charge in [-0.05, 0) is 65.6 Å². The number of phenols is 1. The van der Waals surface area contributed by atoms with Crippen LogP contribution in [-0.2, 0) is 49.2 Å². The summed E-state index contributed by atoms with van der Waals surface area (Å²) in [5.74, 6) is -1.34. The minimum atomic E-state index is -1.61. The van der Waals surface area contributed by atoms with Gasteiger partial charge < -0.3 is 42.8 Å². The van der Waals surface area contributed by atoms with Gasteiger partial charge in [0.25, 0.3) is 5.56 Å². The second-order valence-corrected chi connectivity index (χ2v) is 15.6. The van der Waals surface area contributed by atoms with Crippen molar-refractivity contribution < 1.29 is 47.9 Å². The van der Waals surface area contributed by atoms with Crippen LogP contribution in [-0.4, -0.2) is 69.2 Å². The number of para-hydroxylation sites is 1. The van der Waals surface area contributed by atoms with Gasteiger partial charge in [0, 0.05) is 28.3 Å². The normalized spacial score (nSPS) is 23.0. The zero-order valence-corrected chi connectivity index (χ0v) is 32.7. The molecule has 11 rings (SSSR count). The van der Waals surface area contributed by atoms with Crippen LogP contribution in [0.2, 0.25) is 0 Å². The van der Waals surface area contributed by atoms with Crippen LogP contribution in [0.5, 0.6) is 28.7 Å². The van der Waals surface area contributed by atoms with E-state index in [2.05, 4.69) is 10.3 Å². The molecule has 0 bridgehead atoms. The predicted octanol–water partition coefficient (Wildman–Crippen LogP) is 4.87. The first-order valence-electron chi connectivity index (χ1n) is 19.6. The quantitative estimate of drug-likeness (QED) is 0.205. The first kappa shape index (κ1) is 36.2. The molecular weight excluding hydrogens is 775 g/mol. The number of aromatic nitrogens is 5. The fraction of sp³-hybridized carbons (Fsp3) is 0.318. The summed E-state index contributed by atoms with van der Waals surface area (Å²) in [4.78, 5) is 46.6. The number of carbonyl (C=O) groups excluding carboxylic acids is 2. The van der Waals surface area contributed by atoms with Crippen molar-refractivity contribution in [3.05, 3.63) is 116 Å². The third-order valence-electron chi connectivity index (χ3n) is 12.7. The summed E-state index contributed by atoms with van der Waals surface area (Å²) in [6.45, 7) is 1.98. The van der Waals surface area contributed by atoms with Crippen LogP contribution in [0.1, 0.15) is 64.4 Å². The summed E-state index contributed by atoms with van der Waals surface area (Å²) >= 11 is 0. The van der Waals surface area contributed by atoms with E-state index in [0.29, 0.717) is 51.8 Å². The van der Waals surface area contributed by atoms with Crippen molar-refractivity contribution in [3.8, 4) is 40.1 Å². The lowest BCUT2D eigenvalue weighted by atomic mass is 9.65. The van der Waals surface area contributed by atoms with E-state index in [0.717, 1.165) is 27.6 Å². The Balaban J connectivity index is 0.964. The summed E-state index contributed by atoms with van der Waals surface area (Å²) in [7, 11) is 2.89. The zero-order valence-electron chi connectivity index (χ0n) is 32.7. The lowest BCUT2D eigenvalue weighted by Gasteiger charge is -2.39. The highest BCUT2D eigenvalue weighted by atomic mass is 16.7. The van der Waals surface area contributed by atoms with E-state index < -0.39 is 35.4 Å². The molecule has 0 amide bonds.